The van der Waals surface area contributed by atoms with Crippen molar-refractivity contribution in [2.45, 2.75) is 9.79 Å². The van der Waals surface area contributed by atoms with Crippen LogP contribution >= 0.6 is 23.1 Å². The number of fused-ring (bicyclic) bond motifs is 9. The van der Waals surface area contributed by atoms with Crippen molar-refractivity contribution in [1.82, 2.24) is 9.13 Å². The van der Waals surface area contributed by atoms with Gasteiger partial charge in [-0.15, -0.1) is 11.3 Å². The van der Waals surface area contributed by atoms with Crippen LogP contribution in [0.25, 0.3) is 109 Å². The summed E-state index contributed by atoms with van der Waals surface area (Å²) in [6.07, 6.45) is 0. The first-order valence-corrected chi connectivity index (χ1v) is 23.4. The van der Waals surface area contributed by atoms with Crippen LogP contribution in [0.2, 0.25) is 0 Å². The SMILES string of the molecule is c1ccc(-c2ccc3c(c2)c2cc(Sc4ccc5c(c4)c4cc(-c6ccccc6)ccc4n5-c4cccc(-c5ccc6sc7ccccc7c6c5)c4)ccc2n3-c2ccccc2)cc1. The summed E-state index contributed by atoms with van der Waals surface area (Å²) in [5, 5.41) is 7.62. The number of para-hydroxylation sites is 1. The van der Waals surface area contributed by atoms with Gasteiger partial charge in [-0.2, -0.15) is 0 Å². The van der Waals surface area contributed by atoms with E-state index in [4.69, 9.17) is 0 Å². The van der Waals surface area contributed by atoms with E-state index in [0.717, 1.165) is 11.4 Å². The molecule has 0 atom stereocenters. The average molecular weight is 851 g/mol. The lowest BCUT2D eigenvalue weighted by molar-refractivity contribution is 1.18. The molecule has 10 aromatic carbocycles. The van der Waals surface area contributed by atoms with Gasteiger partial charge < -0.3 is 9.13 Å². The van der Waals surface area contributed by atoms with E-state index in [-0.39, 0.29) is 0 Å². The van der Waals surface area contributed by atoms with E-state index < -0.39 is 0 Å². The first-order valence-electron chi connectivity index (χ1n) is 21.7. The number of aromatic nitrogens is 2. The summed E-state index contributed by atoms with van der Waals surface area (Å²) in [5.74, 6) is 0. The van der Waals surface area contributed by atoms with Crippen LogP contribution in [0.15, 0.2) is 240 Å². The summed E-state index contributed by atoms with van der Waals surface area (Å²) in [7, 11) is 0. The van der Waals surface area contributed by atoms with E-state index in [1.165, 1.54) is 107 Å². The minimum absolute atomic E-state index is 1.15. The van der Waals surface area contributed by atoms with E-state index in [0.29, 0.717) is 0 Å². The summed E-state index contributed by atoms with van der Waals surface area (Å²) < 4.78 is 7.50. The summed E-state index contributed by atoms with van der Waals surface area (Å²) in [5.41, 5.74) is 14.4. The van der Waals surface area contributed by atoms with Crippen LogP contribution in [0.3, 0.4) is 0 Å². The molecule has 3 heterocycles. The molecule has 0 spiro atoms. The van der Waals surface area contributed by atoms with Crippen molar-refractivity contribution in [2.24, 2.45) is 0 Å². The van der Waals surface area contributed by atoms with E-state index in [2.05, 4.69) is 240 Å². The van der Waals surface area contributed by atoms with Crippen LogP contribution in [0.5, 0.6) is 0 Å². The molecule has 4 heteroatoms. The predicted molar refractivity (Wildman–Crippen MR) is 275 cm³/mol. The van der Waals surface area contributed by atoms with Crippen LogP contribution in [0.4, 0.5) is 0 Å². The number of hydrogen-bond acceptors (Lipinski definition) is 2. The van der Waals surface area contributed by atoms with Gasteiger partial charge in [-0.25, -0.2) is 0 Å². The van der Waals surface area contributed by atoms with Gasteiger partial charge in [0.05, 0.1) is 22.1 Å². The first kappa shape index (κ1) is 37.0. The van der Waals surface area contributed by atoms with E-state index in [9.17, 15) is 0 Å². The van der Waals surface area contributed by atoms with Crippen LogP contribution in [-0.2, 0) is 0 Å². The Kier molecular flexibility index (Phi) is 8.68. The van der Waals surface area contributed by atoms with Crippen molar-refractivity contribution in [1.29, 1.82) is 0 Å². The minimum Gasteiger partial charge on any atom is -0.309 e. The fraction of sp³-hybridized carbons (Fsp3) is 0. The molecule has 3 aromatic heterocycles. The van der Waals surface area contributed by atoms with E-state index >= 15 is 0 Å². The Balaban J connectivity index is 0.944. The van der Waals surface area contributed by atoms with Gasteiger partial charge in [-0.3, -0.25) is 0 Å². The second kappa shape index (κ2) is 15.0. The lowest BCUT2D eigenvalue weighted by Crippen LogP contribution is -1.94. The first-order chi connectivity index (χ1) is 31.7. The standard InChI is InChI=1S/C60H38N2S2/c1-4-13-39(14-5-1)42-23-28-55-50(34-42)52-37-47(26-30-57(52)61(55)45-18-8-3-9-19-45)63-48-27-31-58-53(38-48)51-35-43(40-15-6-2-7-16-40)24-29-56(51)62(58)46-20-12-17-41(33-46)44-25-32-60-54(36-44)49-21-10-11-22-59(49)64-60/h1-38H. The highest BCUT2D eigenvalue weighted by molar-refractivity contribution is 7.99. The highest BCUT2D eigenvalue weighted by Crippen LogP contribution is 2.42. The van der Waals surface area contributed by atoms with Crippen molar-refractivity contribution in [2.75, 3.05) is 0 Å². The van der Waals surface area contributed by atoms with Gasteiger partial charge in [0, 0.05) is 62.9 Å². The number of nitrogens with zero attached hydrogens (tertiary/aromatic N) is 2. The van der Waals surface area contributed by atoms with Crippen LogP contribution < -0.4 is 0 Å². The zero-order valence-corrected chi connectivity index (χ0v) is 36.3. The molecule has 0 bridgehead atoms. The average Bonchev–Trinajstić information content (AvgIpc) is 4.01. The highest BCUT2D eigenvalue weighted by Gasteiger charge is 2.18. The van der Waals surface area contributed by atoms with Gasteiger partial charge in [0.2, 0.25) is 0 Å². The topological polar surface area (TPSA) is 9.86 Å². The third kappa shape index (κ3) is 6.17. The molecular formula is C60H38N2S2. The second-order valence-corrected chi connectivity index (χ2v) is 18.8. The molecule has 13 aromatic rings. The molecule has 0 aliphatic heterocycles. The molecule has 0 unspecified atom stereocenters. The third-order valence-electron chi connectivity index (χ3n) is 12.8. The Morgan fingerprint density at radius 1 is 0.266 bits per heavy atom. The molecule has 2 nitrogen and oxygen atoms in total. The van der Waals surface area contributed by atoms with Gasteiger partial charge in [0.25, 0.3) is 0 Å². The summed E-state index contributed by atoms with van der Waals surface area (Å²) in [6.45, 7) is 0. The third-order valence-corrected chi connectivity index (χ3v) is 14.9. The van der Waals surface area contributed by atoms with Crippen LogP contribution in [-0.4, -0.2) is 9.13 Å². The maximum Gasteiger partial charge on any atom is 0.0541 e. The normalized spacial score (nSPS) is 11.8. The lowest BCUT2D eigenvalue weighted by atomic mass is 10.0. The smallest absolute Gasteiger partial charge is 0.0541 e. The monoisotopic (exact) mass is 850 g/mol. The van der Waals surface area contributed by atoms with E-state index in [1.54, 1.807) is 0 Å². The molecule has 13 rings (SSSR count). The molecule has 0 aliphatic rings. The summed E-state index contributed by atoms with van der Waals surface area (Å²) in [6, 6.07) is 84.7. The maximum atomic E-state index is 2.45. The molecule has 0 aliphatic carbocycles. The molecule has 0 radical (unpaired) electrons. The molecule has 0 fully saturated rings. The number of rotatable bonds is 7. The van der Waals surface area contributed by atoms with Crippen molar-refractivity contribution in [3.63, 3.8) is 0 Å². The van der Waals surface area contributed by atoms with Crippen molar-refractivity contribution in [3.8, 4) is 44.8 Å². The van der Waals surface area contributed by atoms with Gasteiger partial charge >= 0.3 is 0 Å². The fourth-order valence-corrected chi connectivity index (χ4v) is 11.7. The Morgan fingerprint density at radius 2 is 0.688 bits per heavy atom. The zero-order chi connectivity index (χ0) is 42.1. The molecule has 0 amide bonds. The predicted octanol–water partition coefficient (Wildman–Crippen LogP) is 17.4. The molecule has 0 saturated heterocycles. The van der Waals surface area contributed by atoms with Crippen molar-refractivity contribution in [3.05, 3.63) is 231 Å². The van der Waals surface area contributed by atoms with Crippen molar-refractivity contribution < 1.29 is 0 Å². The Morgan fingerprint density at radius 3 is 1.31 bits per heavy atom. The van der Waals surface area contributed by atoms with Crippen molar-refractivity contribution >= 4 is 86.9 Å². The van der Waals surface area contributed by atoms with Gasteiger partial charge in [0.1, 0.15) is 0 Å². The van der Waals surface area contributed by atoms with Gasteiger partial charge in [-0.05, 0) is 137 Å². The molecular weight excluding hydrogens is 813 g/mol. The molecule has 0 N–H and O–H groups in total. The Bertz CT molecular complexity index is 3910. The van der Waals surface area contributed by atoms with Crippen LogP contribution in [0.1, 0.15) is 0 Å². The summed E-state index contributed by atoms with van der Waals surface area (Å²) >= 11 is 3.69. The van der Waals surface area contributed by atoms with Gasteiger partial charge in [-0.1, -0.05) is 139 Å². The number of benzene rings is 10. The molecule has 64 heavy (non-hydrogen) atoms. The number of hydrogen-bond donors (Lipinski definition) is 0. The van der Waals surface area contributed by atoms with Crippen LogP contribution in [0, 0.1) is 0 Å². The second-order valence-electron chi connectivity index (χ2n) is 16.5. The Hall–Kier alpha value is -7.63. The minimum atomic E-state index is 1.15. The maximum absolute atomic E-state index is 2.45. The Labute approximate surface area is 378 Å². The summed E-state index contributed by atoms with van der Waals surface area (Å²) in [4.78, 5) is 2.42. The molecule has 300 valence electrons. The molecule has 0 saturated carbocycles. The number of thiophene rings is 1. The largest absolute Gasteiger partial charge is 0.309 e. The lowest BCUT2D eigenvalue weighted by Gasteiger charge is -2.11. The highest BCUT2D eigenvalue weighted by atomic mass is 32.2. The fourth-order valence-electron chi connectivity index (χ4n) is 9.75. The van der Waals surface area contributed by atoms with Gasteiger partial charge in [0.15, 0.2) is 0 Å². The zero-order valence-electron chi connectivity index (χ0n) is 34.7. The quantitative estimate of drug-likeness (QED) is 0.155. The van der Waals surface area contributed by atoms with E-state index in [1.807, 2.05) is 23.1 Å².